The van der Waals surface area contributed by atoms with E-state index < -0.39 is 5.91 Å². The van der Waals surface area contributed by atoms with Crippen molar-refractivity contribution in [2.75, 3.05) is 0 Å². The first kappa shape index (κ1) is 15.7. The molecule has 0 unspecified atom stereocenters. The van der Waals surface area contributed by atoms with Crippen molar-refractivity contribution in [3.63, 3.8) is 0 Å². The van der Waals surface area contributed by atoms with Crippen molar-refractivity contribution in [2.45, 2.75) is 13.5 Å². The number of hydroxylamine groups is 1. The van der Waals surface area contributed by atoms with Crippen LogP contribution in [0.15, 0.2) is 47.0 Å². The minimum absolute atomic E-state index is 0.227. The van der Waals surface area contributed by atoms with E-state index in [1.54, 1.807) is 54.9 Å². The molecule has 1 heterocycles. The molecule has 0 aliphatic carbocycles. The van der Waals surface area contributed by atoms with Crippen molar-refractivity contribution in [3.8, 4) is 0 Å². The fourth-order valence-electron chi connectivity index (χ4n) is 2.37. The van der Waals surface area contributed by atoms with E-state index in [0.29, 0.717) is 22.6 Å². The number of hydrogen-bond acceptors (Lipinski definition) is 5. The fraction of sp³-hybridized carbons (Fsp3) is 0.118. The van der Waals surface area contributed by atoms with Crippen molar-refractivity contribution in [1.82, 2.24) is 16.0 Å². The molecular weight excluding hydrogens is 310 g/mol. The zero-order valence-corrected chi connectivity index (χ0v) is 12.9. The SMILES string of the molecule is Cc1cc(CNC(=O)c2ccc3cc(C(=O)NO)ccc3c2)no1. The second-order valence-corrected chi connectivity index (χ2v) is 5.33. The maximum atomic E-state index is 12.2. The highest BCUT2D eigenvalue weighted by Crippen LogP contribution is 2.18. The number of carbonyl (C=O) groups is 2. The third-order valence-electron chi connectivity index (χ3n) is 3.57. The zero-order valence-electron chi connectivity index (χ0n) is 12.9. The van der Waals surface area contributed by atoms with Gasteiger partial charge in [0.15, 0.2) is 0 Å². The van der Waals surface area contributed by atoms with Crippen LogP contribution in [0.25, 0.3) is 10.8 Å². The second kappa shape index (κ2) is 6.51. The summed E-state index contributed by atoms with van der Waals surface area (Å²) in [7, 11) is 0. The van der Waals surface area contributed by atoms with Crippen molar-refractivity contribution in [3.05, 3.63) is 65.0 Å². The Balaban J connectivity index is 1.77. The quantitative estimate of drug-likeness (QED) is 0.504. The smallest absolute Gasteiger partial charge is 0.274 e. The van der Waals surface area contributed by atoms with E-state index in [1.807, 2.05) is 0 Å². The van der Waals surface area contributed by atoms with E-state index in [2.05, 4.69) is 10.5 Å². The molecule has 1 aromatic heterocycles. The molecular formula is C17H15N3O4. The molecule has 0 bridgehead atoms. The number of aryl methyl sites for hydroxylation is 1. The van der Waals surface area contributed by atoms with Crippen LogP contribution in [0.5, 0.6) is 0 Å². The average Bonchev–Trinajstić information content (AvgIpc) is 3.03. The monoisotopic (exact) mass is 325 g/mol. The Hall–Kier alpha value is -3.19. The molecule has 3 N–H and O–H groups in total. The molecule has 0 atom stereocenters. The Morgan fingerprint density at radius 3 is 2.21 bits per heavy atom. The molecule has 0 radical (unpaired) electrons. The third-order valence-corrected chi connectivity index (χ3v) is 3.57. The number of fused-ring (bicyclic) bond motifs is 1. The molecule has 24 heavy (non-hydrogen) atoms. The van der Waals surface area contributed by atoms with Gasteiger partial charge in [-0.1, -0.05) is 17.3 Å². The Kier molecular flexibility index (Phi) is 4.26. The number of nitrogens with one attached hydrogen (secondary N) is 2. The molecule has 0 aliphatic rings. The Bertz CT molecular complexity index is 917. The molecule has 122 valence electrons. The second-order valence-electron chi connectivity index (χ2n) is 5.33. The van der Waals surface area contributed by atoms with E-state index in [0.717, 1.165) is 10.8 Å². The summed E-state index contributed by atoms with van der Waals surface area (Å²) >= 11 is 0. The van der Waals surface area contributed by atoms with Crippen LogP contribution in [0, 0.1) is 6.92 Å². The van der Waals surface area contributed by atoms with Gasteiger partial charge in [0.1, 0.15) is 11.5 Å². The van der Waals surface area contributed by atoms with Crippen molar-refractivity contribution in [2.24, 2.45) is 0 Å². The highest BCUT2D eigenvalue weighted by molar-refractivity contribution is 6.01. The molecule has 0 saturated carbocycles. The van der Waals surface area contributed by atoms with Crippen LogP contribution >= 0.6 is 0 Å². The maximum Gasteiger partial charge on any atom is 0.274 e. The molecule has 3 aromatic rings. The van der Waals surface area contributed by atoms with Gasteiger partial charge in [-0.2, -0.15) is 0 Å². The maximum absolute atomic E-state index is 12.2. The van der Waals surface area contributed by atoms with Crippen LogP contribution in [0.3, 0.4) is 0 Å². The molecule has 3 rings (SSSR count). The Morgan fingerprint density at radius 1 is 1.04 bits per heavy atom. The molecule has 0 saturated heterocycles. The van der Waals surface area contributed by atoms with Crippen molar-refractivity contribution >= 4 is 22.6 Å². The first-order chi connectivity index (χ1) is 11.6. The predicted molar refractivity (Wildman–Crippen MR) is 85.6 cm³/mol. The Morgan fingerprint density at radius 2 is 1.67 bits per heavy atom. The highest BCUT2D eigenvalue weighted by atomic mass is 16.5. The minimum Gasteiger partial charge on any atom is -0.361 e. The van der Waals surface area contributed by atoms with Crippen LogP contribution < -0.4 is 10.8 Å². The summed E-state index contributed by atoms with van der Waals surface area (Å²) < 4.78 is 4.95. The summed E-state index contributed by atoms with van der Waals surface area (Å²) in [6.07, 6.45) is 0. The standard InChI is InChI=1S/C17H15N3O4/c1-10-6-15(20-24-10)9-18-16(21)13-4-2-12-8-14(17(22)19-23)5-3-11(12)7-13/h2-8,23H,9H2,1H3,(H,18,21)(H,19,22). The first-order valence-electron chi connectivity index (χ1n) is 7.25. The topological polar surface area (TPSA) is 104 Å². The van der Waals surface area contributed by atoms with Crippen LogP contribution in [0.2, 0.25) is 0 Å². The summed E-state index contributed by atoms with van der Waals surface area (Å²) in [6, 6.07) is 11.9. The van der Waals surface area contributed by atoms with Crippen LogP contribution in [0.1, 0.15) is 32.2 Å². The molecule has 2 amide bonds. The van der Waals surface area contributed by atoms with E-state index in [4.69, 9.17) is 9.73 Å². The third kappa shape index (κ3) is 3.26. The van der Waals surface area contributed by atoms with Crippen molar-refractivity contribution in [1.29, 1.82) is 0 Å². The van der Waals surface area contributed by atoms with Gasteiger partial charge in [-0.25, -0.2) is 5.48 Å². The lowest BCUT2D eigenvalue weighted by atomic mass is 10.0. The summed E-state index contributed by atoms with van der Waals surface area (Å²) in [5, 5.41) is 16.9. The molecule has 2 aromatic carbocycles. The lowest BCUT2D eigenvalue weighted by Gasteiger charge is -2.06. The number of aromatic nitrogens is 1. The van der Waals surface area contributed by atoms with Gasteiger partial charge in [0.05, 0.1) is 6.54 Å². The normalized spacial score (nSPS) is 10.6. The van der Waals surface area contributed by atoms with Crippen LogP contribution in [-0.2, 0) is 6.54 Å². The summed E-state index contributed by atoms with van der Waals surface area (Å²) in [5.74, 6) is -0.121. The summed E-state index contributed by atoms with van der Waals surface area (Å²) in [6.45, 7) is 2.07. The zero-order chi connectivity index (χ0) is 17.1. The lowest BCUT2D eigenvalue weighted by Crippen LogP contribution is -2.22. The molecule has 0 spiro atoms. The Labute approximate surface area is 137 Å². The highest BCUT2D eigenvalue weighted by Gasteiger charge is 2.09. The van der Waals surface area contributed by atoms with Gasteiger partial charge in [-0.05, 0) is 42.0 Å². The van der Waals surface area contributed by atoms with Gasteiger partial charge in [0.2, 0.25) is 0 Å². The number of benzene rings is 2. The van der Waals surface area contributed by atoms with Gasteiger partial charge in [0, 0.05) is 17.2 Å². The van der Waals surface area contributed by atoms with E-state index in [9.17, 15) is 9.59 Å². The number of amides is 2. The van der Waals surface area contributed by atoms with Gasteiger partial charge in [-0.15, -0.1) is 0 Å². The van der Waals surface area contributed by atoms with Crippen LogP contribution in [0.4, 0.5) is 0 Å². The molecule has 7 heteroatoms. The minimum atomic E-state index is -0.582. The molecule has 0 fully saturated rings. The van der Waals surface area contributed by atoms with Crippen molar-refractivity contribution < 1.29 is 19.3 Å². The summed E-state index contributed by atoms with van der Waals surface area (Å²) in [5.41, 5.74) is 3.09. The largest absolute Gasteiger partial charge is 0.361 e. The first-order valence-corrected chi connectivity index (χ1v) is 7.25. The molecule has 7 nitrogen and oxygen atoms in total. The molecule has 0 aliphatic heterocycles. The number of rotatable bonds is 4. The lowest BCUT2D eigenvalue weighted by molar-refractivity contribution is 0.0706. The average molecular weight is 325 g/mol. The van der Waals surface area contributed by atoms with E-state index in [1.165, 1.54) is 0 Å². The van der Waals surface area contributed by atoms with E-state index in [-0.39, 0.29) is 12.5 Å². The van der Waals surface area contributed by atoms with E-state index >= 15 is 0 Å². The summed E-state index contributed by atoms with van der Waals surface area (Å²) in [4.78, 5) is 23.6. The van der Waals surface area contributed by atoms with Gasteiger partial charge >= 0.3 is 0 Å². The predicted octanol–water partition coefficient (Wildman–Crippen LogP) is 2.19. The van der Waals surface area contributed by atoms with Gasteiger partial charge in [-0.3, -0.25) is 14.8 Å². The van der Waals surface area contributed by atoms with Gasteiger partial charge in [0.25, 0.3) is 11.8 Å². The van der Waals surface area contributed by atoms with Gasteiger partial charge < -0.3 is 9.84 Å². The number of hydrogen-bond donors (Lipinski definition) is 3. The number of nitrogens with zero attached hydrogens (tertiary/aromatic N) is 1. The number of carbonyl (C=O) groups excluding carboxylic acids is 2. The van der Waals surface area contributed by atoms with Crippen LogP contribution in [-0.4, -0.2) is 22.2 Å². The fourth-order valence-corrected chi connectivity index (χ4v) is 2.37.